The molecule has 7 heteroatoms. The first-order valence-electron chi connectivity index (χ1n) is 9.82. The number of thiazole rings is 1. The van der Waals surface area contributed by atoms with Gasteiger partial charge in [-0.05, 0) is 65.6 Å². The van der Waals surface area contributed by atoms with Gasteiger partial charge in [-0.25, -0.2) is 4.98 Å². The van der Waals surface area contributed by atoms with E-state index >= 15 is 0 Å². The SMILES string of the molecule is Cc1nc(NC(=O)C(C)N2CCC(CCN3CCOCC3)CC2)sc1C. The third-order valence-electron chi connectivity index (χ3n) is 5.79. The summed E-state index contributed by atoms with van der Waals surface area (Å²) in [6.07, 6.45) is 3.65. The maximum atomic E-state index is 12.5. The number of carbonyl (C=O) groups excluding carboxylic acids is 1. The third kappa shape index (κ3) is 5.25. The van der Waals surface area contributed by atoms with Crippen LogP contribution in [0, 0.1) is 19.8 Å². The van der Waals surface area contributed by atoms with Crippen molar-refractivity contribution >= 4 is 22.4 Å². The normalized spacial score (nSPS) is 21.7. The van der Waals surface area contributed by atoms with E-state index in [1.807, 2.05) is 20.8 Å². The Kier molecular flexibility index (Phi) is 7.03. The van der Waals surface area contributed by atoms with E-state index in [0.717, 1.165) is 61.0 Å². The van der Waals surface area contributed by atoms with Crippen LogP contribution < -0.4 is 5.32 Å². The quantitative estimate of drug-likeness (QED) is 0.822. The molecule has 1 unspecified atom stereocenters. The monoisotopic (exact) mass is 380 g/mol. The van der Waals surface area contributed by atoms with Crippen molar-refractivity contribution in [3.05, 3.63) is 10.6 Å². The molecule has 2 aliphatic heterocycles. The van der Waals surface area contributed by atoms with Gasteiger partial charge in [0.15, 0.2) is 5.13 Å². The smallest absolute Gasteiger partial charge is 0.243 e. The van der Waals surface area contributed by atoms with E-state index in [1.54, 1.807) is 11.3 Å². The second kappa shape index (κ2) is 9.26. The van der Waals surface area contributed by atoms with Crippen LogP contribution in [0.1, 0.15) is 36.8 Å². The molecule has 2 fully saturated rings. The van der Waals surface area contributed by atoms with Crippen LogP contribution in [0.4, 0.5) is 5.13 Å². The summed E-state index contributed by atoms with van der Waals surface area (Å²) in [7, 11) is 0. The maximum Gasteiger partial charge on any atom is 0.243 e. The van der Waals surface area contributed by atoms with Gasteiger partial charge in [0.25, 0.3) is 0 Å². The number of ether oxygens (including phenoxy) is 1. The summed E-state index contributed by atoms with van der Waals surface area (Å²) in [6.45, 7) is 13.1. The average Bonchev–Trinajstić information content (AvgIpc) is 2.97. The molecule has 1 atom stereocenters. The van der Waals surface area contributed by atoms with Gasteiger partial charge in [0.05, 0.1) is 24.9 Å². The van der Waals surface area contributed by atoms with Crippen molar-refractivity contribution in [2.24, 2.45) is 5.92 Å². The fraction of sp³-hybridized carbons (Fsp3) is 0.789. The number of carbonyl (C=O) groups is 1. The van der Waals surface area contributed by atoms with E-state index in [4.69, 9.17) is 4.74 Å². The minimum atomic E-state index is -0.0975. The number of hydrogen-bond acceptors (Lipinski definition) is 6. The van der Waals surface area contributed by atoms with Crippen molar-refractivity contribution in [1.82, 2.24) is 14.8 Å². The fourth-order valence-corrected chi connectivity index (χ4v) is 4.54. The highest BCUT2D eigenvalue weighted by molar-refractivity contribution is 7.15. The molecule has 3 rings (SSSR count). The van der Waals surface area contributed by atoms with E-state index in [2.05, 4.69) is 20.1 Å². The van der Waals surface area contributed by atoms with Crippen LogP contribution in [-0.4, -0.2) is 72.7 Å². The summed E-state index contributed by atoms with van der Waals surface area (Å²) in [6, 6.07) is -0.0975. The lowest BCUT2D eigenvalue weighted by Crippen LogP contribution is -2.46. The molecule has 1 N–H and O–H groups in total. The summed E-state index contributed by atoms with van der Waals surface area (Å²) >= 11 is 1.55. The molecule has 26 heavy (non-hydrogen) atoms. The number of rotatable bonds is 6. The molecule has 0 bridgehead atoms. The van der Waals surface area contributed by atoms with E-state index in [0.29, 0.717) is 0 Å². The number of nitrogens with zero attached hydrogens (tertiary/aromatic N) is 3. The topological polar surface area (TPSA) is 57.7 Å². The molecule has 0 aliphatic carbocycles. The van der Waals surface area contributed by atoms with Crippen molar-refractivity contribution in [1.29, 1.82) is 0 Å². The Morgan fingerprint density at radius 1 is 1.27 bits per heavy atom. The lowest BCUT2D eigenvalue weighted by molar-refractivity contribution is -0.121. The van der Waals surface area contributed by atoms with Gasteiger partial charge in [-0.15, -0.1) is 11.3 Å². The highest BCUT2D eigenvalue weighted by Gasteiger charge is 2.27. The van der Waals surface area contributed by atoms with Crippen molar-refractivity contribution in [2.75, 3.05) is 51.3 Å². The largest absolute Gasteiger partial charge is 0.379 e. The number of anilines is 1. The third-order valence-corrected chi connectivity index (χ3v) is 6.78. The first-order valence-corrected chi connectivity index (χ1v) is 10.6. The predicted molar refractivity (Wildman–Crippen MR) is 106 cm³/mol. The number of nitrogens with one attached hydrogen (secondary N) is 1. The van der Waals surface area contributed by atoms with E-state index in [1.165, 1.54) is 25.8 Å². The van der Waals surface area contributed by atoms with Crippen LogP contribution in [0.5, 0.6) is 0 Å². The molecule has 0 spiro atoms. The molecule has 2 aliphatic rings. The highest BCUT2D eigenvalue weighted by atomic mass is 32.1. The second-order valence-corrected chi connectivity index (χ2v) is 8.75. The van der Waals surface area contributed by atoms with Gasteiger partial charge in [0.1, 0.15) is 0 Å². The summed E-state index contributed by atoms with van der Waals surface area (Å²) in [5, 5.41) is 3.71. The molecule has 1 amide bonds. The number of hydrogen-bond donors (Lipinski definition) is 1. The zero-order valence-corrected chi connectivity index (χ0v) is 17.1. The Bertz CT molecular complexity index is 573. The number of piperidine rings is 1. The fourth-order valence-electron chi connectivity index (χ4n) is 3.72. The predicted octanol–water partition coefficient (Wildman–Crippen LogP) is 2.52. The molecule has 146 valence electrons. The van der Waals surface area contributed by atoms with Gasteiger partial charge >= 0.3 is 0 Å². The molecule has 1 aromatic rings. The molecular weight excluding hydrogens is 348 g/mol. The molecule has 0 aromatic carbocycles. The Hall–Kier alpha value is -1.02. The van der Waals surface area contributed by atoms with E-state index < -0.39 is 0 Å². The maximum absolute atomic E-state index is 12.5. The lowest BCUT2D eigenvalue weighted by atomic mass is 9.92. The lowest BCUT2D eigenvalue weighted by Gasteiger charge is -2.36. The summed E-state index contributed by atoms with van der Waals surface area (Å²) in [5.41, 5.74) is 0.999. The second-order valence-electron chi connectivity index (χ2n) is 7.55. The number of amides is 1. The zero-order valence-electron chi connectivity index (χ0n) is 16.3. The molecular formula is C19H32N4O2S. The van der Waals surface area contributed by atoms with Crippen LogP contribution in [0.2, 0.25) is 0 Å². The van der Waals surface area contributed by atoms with Crippen LogP contribution in [-0.2, 0) is 9.53 Å². The van der Waals surface area contributed by atoms with Gasteiger partial charge in [-0.2, -0.15) is 0 Å². The Labute approximate surface area is 160 Å². The van der Waals surface area contributed by atoms with Crippen molar-refractivity contribution < 1.29 is 9.53 Å². The minimum Gasteiger partial charge on any atom is -0.379 e. The highest BCUT2D eigenvalue weighted by Crippen LogP contribution is 2.24. The van der Waals surface area contributed by atoms with Crippen LogP contribution in [0.25, 0.3) is 0 Å². The molecule has 0 radical (unpaired) electrons. The minimum absolute atomic E-state index is 0.0607. The van der Waals surface area contributed by atoms with Gasteiger partial charge < -0.3 is 10.1 Å². The standard InChI is InChI=1S/C19H32N4O2S/c1-14-16(3)26-19(20-14)21-18(24)15(2)23-8-5-17(6-9-23)4-7-22-10-12-25-13-11-22/h15,17H,4-13H2,1-3H3,(H,20,21,24). The summed E-state index contributed by atoms with van der Waals surface area (Å²) < 4.78 is 5.41. The van der Waals surface area contributed by atoms with Crippen molar-refractivity contribution in [3.63, 3.8) is 0 Å². The number of morpholine rings is 1. The molecule has 2 saturated heterocycles. The van der Waals surface area contributed by atoms with Crippen LogP contribution in [0.3, 0.4) is 0 Å². The average molecular weight is 381 g/mol. The Morgan fingerprint density at radius 3 is 2.58 bits per heavy atom. The van der Waals surface area contributed by atoms with Gasteiger partial charge in [0.2, 0.25) is 5.91 Å². The van der Waals surface area contributed by atoms with E-state index in [9.17, 15) is 4.79 Å². The van der Waals surface area contributed by atoms with Crippen LogP contribution in [0.15, 0.2) is 0 Å². The number of likely N-dealkylation sites (tertiary alicyclic amines) is 1. The molecule has 0 saturated carbocycles. The van der Waals surface area contributed by atoms with Crippen molar-refractivity contribution in [2.45, 2.75) is 46.1 Å². The Morgan fingerprint density at radius 2 is 1.96 bits per heavy atom. The van der Waals surface area contributed by atoms with Gasteiger partial charge in [0, 0.05) is 18.0 Å². The van der Waals surface area contributed by atoms with Gasteiger partial charge in [-0.3, -0.25) is 14.6 Å². The Balaban J connectivity index is 1.39. The first kappa shape index (κ1) is 19.7. The zero-order chi connectivity index (χ0) is 18.5. The summed E-state index contributed by atoms with van der Waals surface area (Å²) in [5.74, 6) is 0.846. The molecule has 3 heterocycles. The number of aryl methyl sites for hydroxylation is 2. The molecule has 1 aromatic heterocycles. The summed E-state index contributed by atoms with van der Waals surface area (Å²) in [4.78, 5) is 22.9. The molecule has 6 nitrogen and oxygen atoms in total. The van der Waals surface area contributed by atoms with Gasteiger partial charge in [-0.1, -0.05) is 0 Å². The van der Waals surface area contributed by atoms with Crippen LogP contribution >= 0.6 is 11.3 Å². The van der Waals surface area contributed by atoms with Crippen molar-refractivity contribution in [3.8, 4) is 0 Å². The first-order chi connectivity index (χ1) is 12.5. The number of aromatic nitrogens is 1. The van der Waals surface area contributed by atoms with E-state index in [-0.39, 0.29) is 11.9 Å².